The number of esters is 1. The van der Waals surface area contributed by atoms with Gasteiger partial charge in [0.2, 0.25) is 23.8 Å². The molecule has 3 bridgehead atoms. The number of carbonyl (C=O) groups is 5. The molecule has 4 aliphatic heterocycles. The Kier molecular flexibility index (Phi) is 8.92. The Hall–Kier alpha value is -2.05. The van der Waals surface area contributed by atoms with Crippen LogP contribution in [0.15, 0.2) is 11.8 Å². The highest BCUT2D eigenvalue weighted by atomic mass is 33.1. The Labute approximate surface area is 213 Å². The van der Waals surface area contributed by atoms with Gasteiger partial charge in [-0.2, -0.15) is 3.89 Å². The zero-order chi connectivity index (χ0) is 25.9. The minimum absolute atomic E-state index is 0.0765. The molecule has 0 aromatic rings. The Morgan fingerprint density at radius 3 is 2.37 bits per heavy atom. The minimum atomic E-state index is -0.937. The summed E-state index contributed by atoms with van der Waals surface area (Å²) in [6.07, 6.45) is 1.74. The number of hydrogen-bond donors (Lipinski definition) is 3. The molecule has 4 heterocycles. The summed E-state index contributed by atoms with van der Waals surface area (Å²) in [6.45, 7) is 9.31. The van der Waals surface area contributed by atoms with Crippen molar-refractivity contribution in [2.24, 2.45) is 11.8 Å². The van der Waals surface area contributed by atoms with Crippen LogP contribution in [0.3, 0.4) is 0 Å². The third kappa shape index (κ3) is 5.86. The maximum atomic E-state index is 14.0. The van der Waals surface area contributed by atoms with E-state index in [1.165, 1.54) is 27.8 Å². The van der Waals surface area contributed by atoms with Gasteiger partial charge in [0.1, 0.15) is 23.9 Å². The molecule has 4 aliphatic rings. The van der Waals surface area contributed by atoms with Crippen molar-refractivity contribution in [1.82, 2.24) is 16.0 Å². The number of quaternary nitrogens is 1. The first-order valence-electron chi connectivity index (χ1n) is 12.0. The van der Waals surface area contributed by atoms with Gasteiger partial charge in [-0.15, -0.1) is 0 Å². The molecule has 1 unspecified atom stereocenters. The van der Waals surface area contributed by atoms with Gasteiger partial charge in [0.15, 0.2) is 11.0 Å². The van der Waals surface area contributed by atoms with Crippen LogP contribution in [-0.2, 0) is 28.7 Å². The summed E-state index contributed by atoms with van der Waals surface area (Å²) < 4.78 is 5.55. The first-order valence-corrected chi connectivity index (χ1v) is 14.3. The smallest absolute Gasteiger partial charge is 0.374 e. The van der Waals surface area contributed by atoms with Crippen molar-refractivity contribution >= 4 is 51.4 Å². The average Bonchev–Trinajstić information content (AvgIpc) is 2.80. The van der Waals surface area contributed by atoms with Gasteiger partial charge < -0.3 is 20.7 Å². The summed E-state index contributed by atoms with van der Waals surface area (Å²) >= 11 is 0. The molecule has 0 aliphatic carbocycles. The Morgan fingerprint density at radius 1 is 1.03 bits per heavy atom. The van der Waals surface area contributed by atoms with E-state index < -0.39 is 47.9 Å². The van der Waals surface area contributed by atoms with Gasteiger partial charge in [0, 0.05) is 18.1 Å². The van der Waals surface area contributed by atoms with Crippen LogP contribution >= 0.6 is 21.8 Å². The van der Waals surface area contributed by atoms with Crippen molar-refractivity contribution in [2.75, 3.05) is 12.3 Å². The number of carbonyl (C=O) groups excluding carboxylic acids is 5. The number of allylic oxidation sites excluding steroid dienone is 1. The fourth-order valence-electron chi connectivity index (χ4n) is 4.68. The highest BCUT2D eigenvalue weighted by molar-refractivity contribution is 8.74. The van der Waals surface area contributed by atoms with E-state index in [1.54, 1.807) is 20.8 Å². The molecule has 4 fully saturated rings. The van der Waals surface area contributed by atoms with E-state index in [2.05, 4.69) is 16.0 Å². The largest absolute Gasteiger partial charge is 0.457 e. The summed E-state index contributed by atoms with van der Waals surface area (Å²) in [5.74, 6) is -2.65. The molecule has 0 aromatic heterocycles. The Morgan fingerprint density at radius 2 is 1.74 bits per heavy atom. The second-order valence-electron chi connectivity index (χ2n) is 9.82. The van der Waals surface area contributed by atoms with Crippen LogP contribution < -0.4 is 16.0 Å². The summed E-state index contributed by atoms with van der Waals surface area (Å²) in [5.41, 5.74) is 0.0839. The van der Waals surface area contributed by atoms with E-state index in [0.29, 0.717) is 19.4 Å². The molecular weight excluding hydrogens is 492 g/mol. The predicted octanol–water partition coefficient (Wildman–Crippen LogP) is 1.42. The molecule has 5 atom stereocenters. The minimum Gasteiger partial charge on any atom is -0.457 e. The maximum Gasteiger partial charge on any atom is 0.374 e. The SMILES string of the molecule is CC=C1NC(=O)[C@H]2CSS[N+]3(CCC[C@H](CC(=O)N[C@H](C(C)C)C(=O)N2)OC(=O)[C@@H]3C(C)C)C1=O. The van der Waals surface area contributed by atoms with Crippen molar-refractivity contribution in [3.05, 3.63) is 11.8 Å². The number of amides is 4. The number of nitrogens with one attached hydrogen (secondary N) is 3. The molecule has 4 saturated heterocycles. The molecule has 0 aromatic carbocycles. The number of rotatable bonds is 2. The highest BCUT2D eigenvalue weighted by Crippen LogP contribution is 2.44. The van der Waals surface area contributed by atoms with Gasteiger partial charge in [0.05, 0.1) is 13.0 Å². The molecule has 194 valence electrons. The van der Waals surface area contributed by atoms with Gasteiger partial charge in [-0.3, -0.25) is 14.4 Å². The zero-order valence-corrected chi connectivity index (χ0v) is 22.4. The quantitative estimate of drug-likeness (QED) is 0.162. The standard InChI is InChI=1S/C23H34N4O6S2/c1-6-15-22(31)27-9-7-8-14(33-23(32)19(27)13(4)5)10-17(28)26-18(12(2)3)21(30)25-16(11-34-35-27)20(29)24-15/h6,12-14,16,18-19H,7-11H2,1-5H3,(H2-,24,25,26,28,29,30)/p+1/t14-,16-,18-,19+,27?/m1/s1. The van der Waals surface area contributed by atoms with E-state index in [-0.39, 0.29) is 39.5 Å². The van der Waals surface area contributed by atoms with Crippen LogP contribution in [0.1, 0.15) is 53.9 Å². The summed E-state index contributed by atoms with van der Waals surface area (Å²) in [5, 5.41) is 8.20. The van der Waals surface area contributed by atoms with E-state index >= 15 is 0 Å². The maximum absolute atomic E-state index is 14.0. The fourth-order valence-corrected chi connectivity index (χ4v) is 7.95. The lowest BCUT2D eigenvalue weighted by atomic mass is 9.98. The Bertz CT molecular complexity index is 924. The Balaban J connectivity index is 2.16. The second-order valence-corrected chi connectivity index (χ2v) is 12.3. The fraction of sp³-hybridized carbons (Fsp3) is 0.696. The molecule has 35 heavy (non-hydrogen) atoms. The second kappa shape index (κ2) is 11.3. The van der Waals surface area contributed by atoms with Crippen molar-refractivity contribution < 1.29 is 32.6 Å². The molecule has 1 spiro atoms. The van der Waals surface area contributed by atoms with Gasteiger partial charge in [-0.05, 0) is 30.1 Å². The lowest BCUT2D eigenvalue weighted by Crippen LogP contribution is -2.63. The summed E-state index contributed by atoms with van der Waals surface area (Å²) in [4.78, 5) is 66.6. The number of nitrogens with zero attached hydrogens (tertiary/aromatic N) is 1. The van der Waals surface area contributed by atoms with Crippen molar-refractivity contribution in [1.29, 1.82) is 0 Å². The third-order valence-corrected chi connectivity index (χ3v) is 9.41. The van der Waals surface area contributed by atoms with E-state index in [9.17, 15) is 24.0 Å². The van der Waals surface area contributed by atoms with Gasteiger partial charge in [-0.25, -0.2) is 9.59 Å². The van der Waals surface area contributed by atoms with Gasteiger partial charge in [0.25, 0.3) is 0 Å². The molecule has 4 rings (SSSR count). The van der Waals surface area contributed by atoms with Crippen LogP contribution in [-0.4, -0.2) is 70.0 Å². The number of hydrogen-bond acceptors (Lipinski definition) is 8. The number of fused-ring (bicyclic) bond motifs is 9. The van der Waals surface area contributed by atoms with Crippen LogP contribution in [0.5, 0.6) is 0 Å². The predicted molar refractivity (Wildman–Crippen MR) is 133 cm³/mol. The van der Waals surface area contributed by atoms with E-state index in [0.717, 1.165) is 0 Å². The molecule has 0 radical (unpaired) electrons. The van der Waals surface area contributed by atoms with Crippen LogP contribution in [0.25, 0.3) is 0 Å². The zero-order valence-electron chi connectivity index (χ0n) is 20.8. The van der Waals surface area contributed by atoms with Gasteiger partial charge in [-0.1, -0.05) is 33.8 Å². The van der Waals surface area contributed by atoms with Crippen molar-refractivity contribution in [2.45, 2.75) is 78.1 Å². The topological polar surface area (TPSA) is 131 Å². The molecule has 0 saturated carbocycles. The van der Waals surface area contributed by atoms with Crippen LogP contribution in [0, 0.1) is 11.8 Å². The molecule has 10 nitrogen and oxygen atoms in total. The van der Waals surface area contributed by atoms with E-state index in [1.807, 2.05) is 13.8 Å². The van der Waals surface area contributed by atoms with E-state index in [4.69, 9.17) is 4.74 Å². The van der Waals surface area contributed by atoms with Crippen molar-refractivity contribution in [3.8, 4) is 0 Å². The lowest BCUT2D eigenvalue weighted by molar-refractivity contribution is -0.739. The average molecular weight is 528 g/mol. The molecular formula is C23H35N4O6S2+. The molecule has 4 amide bonds. The first-order chi connectivity index (χ1) is 16.5. The summed E-state index contributed by atoms with van der Waals surface area (Å²) in [7, 11) is 2.51. The summed E-state index contributed by atoms with van der Waals surface area (Å²) in [6, 6.07) is -2.64. The normalized spacial score (nSPS) is 34.4. The highest BCUT2D eigenvalue weighted by Gasteiger charge is 2.55. The monoisotopic (exact) mass is 527 g/mol. The van der Waals surface area contributed by atoms with Gasteiger partial charge >= 0.3 is 11.9 Å². The first kappa shape index (κ1) is 27.5. The molecule has 12 heteroatoms. The van der Waals surface area contributed by atoms with Crippen LogP contribution in [0.4, 0.5) is 0 Å². The third-order valence-electron chi connectivity index (χ3n) is 6.47. The van der Waals surface area contributed by atoms with Crippen LogP contribution in [0.2, 0.25) is 0 Å². The lowest BCUT2D eigenvalue weighted by Gasteiger charge is -2.41. The number of ether oxygens (including phenoxy) is 1. The molecule has 3 N–H and O–H groups in total. The van der Waals surface area contributed by atoms with Crippen molar-refractivity contribution in [3.63, 3.8) is 0 Å².